The highest BCUT2D eigenvalue weighted by molar-refractivity contribution is 7.90. The second-order valence-corrected chi connectivity index (χ2v) is 6.33. The fraction of sp³-hybridized carbons (Fsp3) is 0.462. The fourth-order valence-corrected chi connectivity index (χ4v) is 1.81. The third kappa shape index (κ3) is 5.42. The van der Waals surface area contributed by atoms with E-state index in [9.17, 15) is 9.35 Å². The molecule has 100 valence electrons. The van der Waals surface area contributed by atoms with Crippen molar-refractivity contribution >= 4 is 17.3 Å². The molecule has 0 aliphatic rings. The summed E-state index contributed by atoms with van der Waals surface area (Å²) in [5.74, 6) is 0. The molecule has 1 rings (SSSR count). The SMILES string of the molecule is C[S+]([O-])c1ccc(CNC(=O)OC(C)(C)C)cc1. The first-order valence-electron chi connectivity index (χ1n) is 5.67. The lowest BCUT2D eigenvalue weighted by Gasteiger charge is -2.19. The van der Waals surface area contributed by atoms with Crippen molar-refractivity contribution in [3.63, 3.8) is 0 Å². The summed E-state index contributed by atoms with van der Waals surface area (Å²) in [5, 5.41) is 2.67. The van der Waals surface area contributed by atoms with Crippen LogP contribution >= 0.6 is 0 Å². The number of amides is 1. The molecule has 1 aromatic carbocycles. The summed E-state index contributed by atoms with van der Waals surface area (Å²) < 4.78 is 16.3. The van der Waals surface area contributed by atoms with Gasteiger partial charge in [-0.05, 0) is 49.6 Å². The minimum atomic E-state index is -0.975. The van der Waals surface area contributed by atoms with Crippen LogP contribution in [0.3, 0.4) is 0 Å². The van der Waals surface area contributed by atoms with Crippen molar-refractivity contribution in [2.75, 3.05) is 6.26 Å². The molecule has 0 bridgehead atoms. The molecule has 1 atom stereocenters. The van der Waals surface area contributed by atoms with Crippen molar-refractivity contribution in [2.24, 2.45) is 0 Å². The Bertz CT molecular complexity index is 396. The molecular formula is C13H19NO3S. The summed E-state index contributed by atoms with van der Waals surface area (Å²) in [6.07, 6.45) is 1.19. The van der Waals surface area contributed by atoms with Gasteiger partial charge >= 0.3 is 6.09 Å². The number of carbonyl (C=O) groups excluding carboxylic acids is 1. The van der Waals surface area contributed by atoms with Crippen LogP contribution in [0.25, 0.3) is 0 Å². The Kier molecular flexibility index (Phi) is 5.04. The van der Waals surface area contributed by atoms with E-state index in [2.05, 4.69) is 5.32 Å². The minimum absolute atomic E-state index is 0.394. The average molecular weight is 269 g/mol. The van der Waals surface area contributed by atoms with Crippen LogP contribution in [0.5, 0.6) is 0 Å². The van der Waals surface area contributed by atoms with E-state index >= 15 is 0 Å². The molecule has 0 aliphatic heterocycles. The van der Waals surface area contributed by atoms with Crippen LogP contribution in [0.1, 0.15) is 26.3 Å². The van der Waals surface area contributed by atoms with Gasteiger partial charge in [-0.25, -0.2) is 4.79 Å². The molecular weight excluding hydrogens is 250 g/mol. The molecule has 0 aromatic heterocycles. The number of hydrogen-bond acceptors (Lipinski definition) is 3. The largest absolute Gasteiger partial charge is 0.612 e. The third-order valence-corrected chi connectivity index (χ3v) is 3.03. The zero-order chi connectivity index (χ0) is 13.8. The molecule has 1 unspecified atom stereocenters. The van der Waals surface area contributed by atoms with E-state index in [-0.39, 0.29) is 0 Å². The number of hydrogen-bond donors (Lipinski definition) is 1. The second-order valence-electron chi connectivity index (χ2n) is 4.95. The van der Waals surface area contributed by atoms with E-state index in [4.69, 9.17) is 4.74 Å². The smallest absolute Gasteiger partial charge is 0.407 e. The second kappa shape index (κ2) is 6.11. The van der Waals surface area contributed by atoms with Crippen molar-refractivity contribution in [1.82, 2.24) is 5.32 Å². The molecule has 5 heteroatoms. The minimum Gasteiger partial charge on any atom is -0.612 e. The zero-order valence-electron chi connectivity index (χ0n) is 11.1. The molecule has 1 N–H and O–H groups in total. The maximum atomic E-state index is 11.4. The number of rotatable bonds is 3. The van der Waals surface area contributed by atoms with Crippen LogP contribution in [0, 0.1) is 0 Å². The van der Waals surface area contributed by atoms with Gasteiger partial charge in [0, 0.05) is 6.54 Å². The summed E-state index contributed by atoms with van der Waals surface area (Å²) in [5.41, 5.74) is 0.447. The van der Waals surface area contributed by atoms with Crippen LogP contribution < -0.4 is 5.32 Å². The number of carbonyl (C=O) groups is 1. The van der Waals surface area contributed by atoms with Gasteiger partial charge in [0.2, 0.25) is 0 Å². The number of nitrogens with one attached hydrogen (secondary N) is 1. The van der Waals surface area contributed by atoms with Gasteiger partial charge in [-0.15, -0.1) is 0 Å². The van der Waals surface area contributed by atoms with Gasteiger partial charge in [0.05, 0.1) is 0 Å². The zero-order valence-corrected chi connectivity index (χ0v) is 12.0. The fourth-order valence-electron chi connectivity index (χ4n) is 1.29. The van der Waals surface area contributed by atoms with Crippen LogP contribution in [0.4, 0.5) is 4.79 Å². The highest BCUT2D eigenvalue weighted by Gasteiger charge is 2.15. The normalized spacial score (nSPS) is 12.9. The maximum absolute atomic E-state index is 11.4. The molecule has 0 fully saturated rings. The number of ether oxygens (including phenoxy) is 1. The topological polar surface area (TPSA) is 61.4 Å². The van der Waals surface area contributed by atoms with Crippen molar-refractivity contribution < 1.29 is 14.1 Å². The molecule has 0 saturated heterocycles. The standard InChI is InChI=1S/C13H19NO3S/c1-13(2,3)17-12(15)14-9-10-5-7-11(8-6-10)18(4)16/h5-8H,9H2,1-4H3,(H,14,15). The van der Waals surface area contributed by atoms with E-state index in [1.54, 1.807) is 18.4 Å². The van der Waals surface area contributed by atoms with Gasteiger partial charge in [-0.1, -0.05) is 12.1 Å². The summed E-state index contributed by atoms with van der Waals surface area (Å²) in [6, 6.07) is 7.27. The van der Waals surface area contributed by atoms with E-state index in [1.165, 1.54) is 0 Å². The van der Waals surface area contributed by atoms with E-state index < -0.39 is 22.9 Å². The van der Waals surface area contributed by atoms with Gasteiger partial charge in [0.25, 0.3) is 0 Å². The lowest BCUT2D eigenvalue weighted by atomic mass is 10.2. The molecule has 0 saturated carbocycles. The average Bonchev–Trinajstić information content (AvgIpc) is 2.24. The van der Waals surface area contributed by atoms with Crippen molar-refractivity contribution in [3.8, 4) is 0 Å². The predicted molar refractivity (Wildman–Crippen MR) is 71.8 cm³/mol. The van der Waals surface area contributed by atoms with E-state index in [0.717, 1.165) is 10.5 Å². The molecule has 0 heterocycles. The molecule has 1 aromatic rings. The van der Waals surface area contributed by atoms with Gasteiger partial charge in [0.1, 0.15) is 11.9 Å². The Hall–Kier alpha value is -1.20. The first-order chi connectivity index (χ1) is 8.28. The van der Waals surface area contributed by atoms with Gasteiger partial charge < -0.3 is 14.6 Å². The predicted octanol–water partition coefficient (Wildman–Crippen LogP) is 2.45. The molecule has 0 spiro atoms. The lowest BCUT2D eigenvalue weighted by Crippen LogP contribution is -2.32. The number of alkyl carbamates (subject to hydrolysis) is 1. The van der Waals surface area contributed by atoms with Crippen molar-refractivity contribution in [2.45, 2.75) is 37.8 Å². The monoisotopic (exact) mass is 269 g/mol. The summed E-state index contributed by atoms with van der Waals surface area (Å²) in [7, 11) is 0. The van der Waals surface area contributed by atoms with E-state index in [0.29, 0.717) is 6.54 Å². The molecule has 1 amide bonds. The molecule has 0 radical (unpaired) electrons. The Balaban J connectivity index is 2.46. The Morgan fingerprint density at radius 2 is 1.89 bits per heavy atom. The van der Waals surface area contributed by atoms with Gasteiger partial charge in [0.15, 0.2) is 4.90 Å². The molecule has 4 nitrogen and oxygen atoms in total. The Morgan fingerprint density at radius 1 is 1.33 bits per heavy atom. The molecule has 18 heavy (non-hydrogen) atoms. The van der Waals surface area contributed by atoms with Crippen molar-refractivity contribution in [1.29, 1.82) is 0 Å². The van der Waals surface area contributed by atoms with Crippen LogP contribution in [0.2, 0.25) is 0 Å². The van der Waals surface area contributed by atoms with Gasteiger partial charge in [-0.3, -0.25) is 0 Å². The summed E-state index contributed by atoms with van der Waals surface area (Å²) in [6.45, 7) is 5.85. The van der Waals surface area contributed by atoms with Crippen LogP contribution in [-0.2, 0) is 22.5 Å². The van der Waals surface area contributed by atoms with Crippen molar-refractivity contribution in [3.05, 3.63) is 29.8 Å². The maximum Gasteiger partial charge on any atom is 0.407 e. The van der Waals surface area contributed by atoms with Crippen LogP contribution in [0.15, 0.2) is 29.2 Å². The first kappa shape index (κ1) is 14.9. The Morgan fingerprint density at radius 3 is 2.33 bits per heavy atom. The summed E-state index contributed by atoms with van der Waals surface area (Å²) in [4.78, 5) is 12.2. The third-order valence-electron chi connectivity index (χ3n) is 2.09. The lowest BCUT2D eigenvalue weighted by molar-refractivity contribution is 0.0523. The van der Waals surface area contributed by atoms with E-state index in [1.807, 2.05) is 32.9 Å². The number of benzene rings is 1. The quantitative estimate of drug-likeness (QED) is 0.857. The summed E-state index contributed by atoms with van der Waals surface area (Å²) >= 11 is -0.975. The van der Waals surface area contributed by atoms with Crippen LogP contribution in [-0.4, -0.2) is 22.5 Å². The first-order valence-corrected chi connectivity index (χ1v) is 7.23. The van der Waals surface area contributed by atoms with Gasteiger partial charge in [-0.2, -0.15) is 0 Å². The Labute approximate surface area is 111 Å². The molecule has 0 aliphatic carbocycles. The highest BCUT2D eigenvalue weighted by atomic mass is 32.2. The highest BCUT2D eigenvalue weighted by Crippen LogP contribution is 2.11.